The van der Waals surface area contributed by atoms with Crippen LogP contribution in [-0.2, 0) is 6.42 Å². The summed E-state index contributed by atoms with van der Waals surface area (Å²) in [5.74, 6) is 0.594. The number of nitrogens with one attached hydrogen (secondary N) is 1. The molecule has 100 valence electrons. The Hall–Kier alpha value is -2.49. The molecule has 0 bridgehead atoms. The van der Waals surface area contributed by atoms with Crippen LogP contribution in [0.25, 0.3) is 11.0 Å². The van der Waals surface area contributed by atoms with E-state index in [4.69, 9.17) is 0 Å². The molecule has 4 heteroatoms. The van der Waals surface area contributed by atoms with Gasteiger partial charge in [0.15, 0.2) is 0 Å². The molecule has 1 N–H and O–H groups in total. The second-order valence-electron chi connectivity index (χ2n) is 4.64. The SMILES string of the molecule is c1ccc(CCCNc2nnc3ccccc3n2)cc1. The van der Waals surface area contributed by atoms with Crippen LogP contribution < -0.4 is 5.32 Å². The molecule has 0 aliphatic carbocycles. The molecule has 0 spiro atoms. The molecule has 0 amide bonds. The topological polar surface area (TPSA) is 50.7 Å². The number of benzene rings is 2. The number of aromatic nitrogens is 3. The van der Waals surface area contributed by atoms with Gasteiger partial charge in [0, 0.05) is 6.54 Å². The number of hydrogen-bond acceptors (Lipinski definition) is 4. The standard InChI is InChI=1S/C16H16N4/c1-2-7-13(8-3-1)9-6-12-17-16-18-14-10-4-5-11-15(14)19-20-16/h1-5,7-8,10-11H,6,9,12H2,(H,17,18,20). The summed E-state index contributed by atoms with van der Waals surface area (Å²) in [7, 11) is 0. The van der Waals surface area contributed by atoms with Crippen molar-refractivity contribution < 1.29 is 0 Å². The van der Waals surface area contributed by atoms with Crippen molar-refractivity contribution >= 4 is 17.0 Å². The summed E-state index contributed by atoms with van der Waals surface area (Å²) in [6.07, 6.45) is 2.09. The summed E-state index contributed by atoms with van der Waals surface area (Å²) in [5, 5.41) is 11.4. The van der Waals surface area contributed by atoms with E-state index in [2.05, 4.69) is 44.8 Å². The quantitative estimate of drug-likeness (QED) is 0.719. The zero-order valence-corrected chi connectivity index (χ0v) is 11.2. The van der Waals surface area contributed by atoms with Gasteiger partial charge >= 0.3 is 0 Å². The van der Waals surface area contributed by atoms with E-state index in [1.165, 1.54) is 5.56 Å². The molecule has 4 nitrogen and oxygen atoms in total. The molecule has 3 aromatic rings. The predicted octanol–water partition coefficient (Wildman–Crippen LogP) is 3.07. The van der Waals surface area contributed by atoms with E-state index in [-0.39, 0.29) is 0 Å². The summed E-state index contributed by atoms with van der Waals surface area (Å²) >= 11 is 0. The van der Waals surface area contributed by atoms with E-state index in [0.717, 1.165) is 30.4 Å². The average molecular weight is 264 g/mol. The smallest absolute Gasteiger partial charge is 0.243 e. The molecule has 0 aliphatic heterocycles. The van der Waals surface area contributed by atoms with Crippen LogP contribution in [0.3, 0.4) is 0 Å². The van der Waals surface area contributed by atoms with Gasteiger partial charge in [0.05, 0.1) is 5.52 Å². The Labute approximate surface area is 117 Å². The highest BCUT2D eigenvalue weighted by molar-refractivity contribution is 5.73. The van der Waals surface area contributed by atoms with Gasteiger partial charge in [0.2, 0.25) is 5.95 Å². The molecule has 0 saturated carbocycles. The number of rotatable bonds is 5. The van der Waals surface area contributed by atoms with E-state index in [0.29, 0.717) is 5.95 Å². The van der Waals surface area contributed by atoms with E-state index < -0.39 is 0 Å². The third-order valence-corrected chi connectivity index (χ3v) is 3.13. The average Bonchev–Trinajstić information content (AvgIpc) is 2.52. The van der Waals surface area contributed by atoms with Crippen molar-refractivity contribution in [3.05, 3.63) is 60.2 Å². The lowest BCUT2D eigenvalue weighted by molar-refractivity contribution is 0.847. The second kappa shape index (κ2) is 6.10. The maximum absolute atomic E-state index is 4.44. The van der Waals surface area contributed by atoms with Crippen LogP contribution in [0, 0.1) is 0 Å². The highest BCUT2D eigenvalue weighted by Crippen LogP contribution is 2.09. The van der Waals surface area contributed by atoms with Crippen molar-refractivity contribution in [3.8, 4) is 0 Å². The summed E-state index contributed by atoms with van der Waals surface area (Å²) in [5.41, 5.74) is 3.04. The number of hydrogen-bond donors (Lipinski definition) is 1. The lowest BCUT2D eigenvalue weighted by Gasteiger charge is -2.05. The first-order chi connectivity index (χ1) is 9.92. The third-order valence-electron chi connectivity index (χ3n) is 3.13. The van der Waals surface area contributed by atoms with Gasteiger partial charge in [0.1, 0.15) is 5.52 Å². The lowest BCUT2D eigenvalue weighted by Crippen LogP contribution is -2.07. The highest BCUT2D eigenvalue weighted by Gasteiger charge is 2.00. The van der Waals surface area contributed by atoms with Gasteiger partial charge in [-0.25, -0.2) is 4.98 Å². The zero-order valence-electron chi connectivity index (χ0n) is 11.2. The number of aryl methyl sites for hydroxylation is 1. The van der Waals surface area contributed by atoms with Crippen molar-refractivity contribution in [2.75, 3.05) is 11.9 Å². The predicted molar refractivity (Wildman–Crippen MR) is 80.6 cm³/mol. The van der Waals surface area contributed by atoms with Crippen LogP contribution in [0.5, 0.6) is 0 Å². The first kappa shape index (κ1) is 12.5. The van der Waals surface area contributed by atoms with E-state index in [1.54, 1.807) is 0 Å². The van der Waals surface area contributed by atoms with Crippen molar-refractivity contribution in [1.82, 2.24) is 15.2 Å². The first-order valence-corrected chi connectivity index (χ1v) is 6.79. The minimum atomic E-state index is 0.594. The monoisotopic (exact) mass is 264 g/mol. The normalized spacial score (nSPS) is 10.6. The Morgan fingerprint density at radius 3 is 2.40 bits per heavy atom. The van der Waals surface area contributed by atoms with Crippen LogP contribution in [0.1, 0.15) is 12.0 Å². The summed E-state index contributed by atoms with van der Waals surface area (Å²) in [6.45, 7) is 0.842. The number of fused-ring (bicyclic) bond motifs is 1. The number of anilines is 1. The van der Waals surface area contributed by atoms with Gasteiger partial charge in [-0.2, -0.15) is 0 Å². The molecule has 20 heavy (non-hydrogen) atoms. The van der Waals surface area contributed by atoms with Gasteiger partial charge < -0.3 is 5.32 Å². The van der Waals surface area contributed by atoms with Crippen LogP contribution >= 0.6 is 0 Å². The number of para-hydroxylation sites is 1. The molecule has 1 heterocycles. The van der Waals surface area contributed by atoms with Gasteiger partial charge in [-0.1, -0.05) is 42.5 Å². The molecule has 0 aliphatic rings. The van der Waals surface area contributed by atoms with E-state index >= 15 is 0 Å². The zero-order chi connectivity index (χ0) is 13.6. The lowest BCUT2D eigenvalue weighted by atomic mass is 10.1. The van der Waals surface area contributed by atoms with Gasteiger partial charge in [0.25, 0.3) is 0 Å². The summed E-state index contributed by atoms with van der Waals surface area (Å²) in [4.78, 5) is 4.44. The van der Waals surface area contributed by atoms with Crippen molar-refractivity contribution in [2.45, 2.75) is 12.8 Å². The van der Waals surface area contributed by atoms with Crippen molar-refractivity contribution in [2.24, 2.45) is 0 Å². The minimum Gasteiger partial charge on any atom is -0.353 e. The summed E-state index contributed by atoms with van der Waals surface area (Å²) < 4.78 is 0. The molecular weight excluding hydrogens is 248 g/mol. The fourth-order valence-electron chi connectivity index (χ4n) is 2.09. The van der Waals surface area contributed by atoms with Gasteiger partial charge in [-0.15, -0.1) is 10.2 Å². The van der Waals surface area contributed by atoms with Crippen LogP contribution in [-0.4, -0.2) is 21.7 Å². The molecule has 3 rings (SSSR count). The molecule has 1 aromatic heterocycles. The third kappa shape index (κ3) is 3.09. The van der Waals surface area contributed by atoms with Crippen LogP contribution in [0.4, 0.5) is 5.95 Å². The largest absolute Gasteiger partial charge is 0.353 e. The first-order valence-electron chi connectivity index (χ1n) is 6.79. The highest BCUT2D eigenvalue weighted by atomic mass is 15.2. The van der Waals surface area contributed by atoms with Crippen molar-refractivity contribution in [3.63, 3.8) is 0 Å². The molecule has 0 unspecified atom stereocenters. The van der Waals surface area contributed by atoms with Gasteiger partial charge in [-0.3, -0.25) is 0 Å². The molecule has 0 radical (unpaired) electrons. The van der Waals surface area contributed by atoms with Crippen LogP contribution in [0.2, 0.25) is 0 Å². The maximum Gasteiger partial charge on any atom is 0.243 e. The summed E-state index contributed by atoms with van der Waals surface area (Å²) in [6, 6.07) is 18.2. The molecular formula is C16H16N4. The van der Waals surface area contributed by atoms with Gasteiger partial charge in [-0.05, 0) is 30.5 Å². The Morgan fingerprint density at radius 1 is 0.800 bits per heavy atom. The van der Waals surface area contributed by atoms with Crippen molar-refractivity contribution in [1.29, 1.82) is 0 Å². The second-order valence-corrected chi connectivity index (χ2v) is 4.64. The molecule has 0 saturated heterocycles. The minimum absolute atomic E-state index is 0.594. The van der Waals surface area contributed by atoms with E-state index in [9.17, 15) is 0 Å². The Morgan fingerprint density at radius 2 is 1.55 bits per heavy atom. The fraction of sp³-hybridized carbons (Fsp3) is 0.188. The molecule has 2 aromatic carbocycles. The Balaban J connectivity index is 1.55. The Bertz CT molecular complexity index is 682. The Kier molecular flexibility index (Phi) is 3.83. The van der Waals surface area contributed by atoms with E-state index in [1.807, 2.05) is 30.3 Å². The maximum atomic E-state index is 4.44. The molecule has 0 atom stereocenters. The fourth-order valence-corrected chi connectivity index (χ4v) is 2.09. The number of nitrogens with zero attached hydrogens (tertiary/aromatic N) is 3. The van der Waals surface area contributed by atoms with Crippen LogP contribution in [0.15, 0.2) is 54.6 Å². The molecule has 0 fully saturated rings.